The molecule has 5 heteroatoms. The van der Waals surface area contributed by atoms with E-state index in [0.29, 0.717) is 24.9 Å². The molecule has 22 heavy (non-hydrogen) atoms. The third-order valence-electron chi connectivity index (χ3n) is 5.66. The Morgan fingerprint density at radius 3 is 2.64 bits per heavy atom. The summed E-state index contributed by atoms with van der Waals surface area (Å²) < 4.78 is 5.77. The van der Waals surface area contributed by atoms with Crippen molar-refractivity contribution in [1.29, 1.82) is 0 Å². The van der Waals surface area contributed by atoms with Gasteiger partial charge < -0.3 is 14.7 Å². The number of carboxylic acids is 1. The van der Waals surface area contributed by atoms with E-state index >= 15 is 0 Å². The number of carbonyl (C=O) groups is 2. The zero-order valence-electron chi connectivity index (χ0n) is 13.4. The van der Waals surface area contributed by atoms with Crippen molar-refractivity contribution in [2.24, 2.45) is 5.92 Å². The number of carbonyl (C=O) groups excluding carboxylic acids is 1. The molecular weight excluding hydrogens is 282 g/mol. The summed E-state index contributed by atoms with van der Waals surface area (Å²) in [5.74, 6) is -0.431. The molecule has 3 fully saturated rings. The summed E-state index contributed by atoms with van der Waals surface area (Å²) in [6.45, 7) is 2.06. The van der Waals surface area contributed by atoms with E-state index in [1.807, 2.05) is 0 Å². The van der Waals surface area contributed by atoms with E-state index in [0.717, 1.165) is 38.5 Å². The molecule has 5 nitrogen and oxygen atoms in total. The van der Waals surface area contributed by atoms with Crippen molar-refractivity contribution < 1.29 is 19.4 Å². The first-order valence-electron chi connectivity index (χ1n) is 8.75. The fraction of sp³-hybridized carbons (Fsp3) is 0.882. The maximum absolute atomic E-state index is 12.7. The van der Waals surface area contributed by atoms with Crippen LogP contribution in [0.25, 0.3) is 0 Å². The van der Waals surface area contributed by atoms with Crippen LogP contribution in [-0.4, -0.2) is 46.2 Å². The van der Waals surface area contributed by atoms with Crippen molar-refractivity contribution in [2.75, 3.05) is 0 Å². The molecule has 0 radical (unpaired) electrons. The highest BCUT2D eigenvalue weighted by molar-refractivity contribution is 5.84. The van der Waals surface area contributed by atoms with Gasteiger partial charge in [0, 0.05) is 12.5 Å². The average Bonchev–Trinajstić information content (AvgIpc) is 3.08. The van der Waals surface area contributed by atoms with Crippen LogP contribution in [0.4, 0.5) is 0 Å². The number of carboxylic acid groups (broad SMARTS) is 1. The summed E-state index contributed by atoms with van der Waals surface area (Å²) in [4.78, 5) is 25.9. The van der Waals surface area contributed by atoms with Crippen molar-refractivity contribution in [1.82, 2.24) is 4.90 Å². The zero-order chi connectivity index (χ0) is 15.7. The molecule has 0 bridgehead atoms. The lowest BCUT2D eigenvalue weighted by molar-refractivity contribution is -0.150. The van der Waals surface area contributed by atoms with Gasteiger partial charge in [-0.1, -0.05) is 12.8 Å². The number of hydrogen-bond acceptors (Lipinski definition) is 3. The smallest absolute Gasteiger partial charge is 0.326 e. The van der Waals surface area contributed by atoms with Crippen molar-refractivity contribution in [3.63, 3.8) is 0 Å². The number of likely N-dealkylation sites (tertiary alicyclic amines) is 1. The molecular formula is C17H27NO4. The molecule has 3 aliphatic rings. The predicted molar refractivity (Wildman–Crippen MR) is 81.4 cm³/mol. The van der Waals surface area contributed by atoms with Gasteiger partial charge in [-0.2, -0.15) is 0 Å². The summed E-state index contributed by atoms with van der Waals surface area (Å²) in [5, 5.41) is 9.48. The fourth-order valence-electron chi connectivity index (χ4n) is 4.55. The van der Waals surface area contributed by atoms with Crippen LogP contribution in [-0.2, 0) is 14.3 Å². The molecule has 0 aromatic rings. The summed E-state index contributed by atoms with van der Waals surface area (Å²) in [6, 6.07) is -0.449. The summed E-state index contributed by atoms with van der Waals surface area (Å²) in [5.41, 5.74) is 0. The lowest BCUT2D eigenvalue weighted by Crippen LogP contribution is -2.46. The minimum absolute atomic E-state index is 0.0185. The Bertz CT molecular complexity index is 438. The van der Waals surface area contributed by atoms with Crippen molar-refractivity contribution in [2.45, 2.75) is 89.0 Å². The van der Waals surface area contributed by atoms with Gasteiger partial charge in [0.25, 0.3) is 0 Å². The lowest BCUT2D eigenvalue weighted by Gasteiger charge is -2.33. The van der Waals surface area contributed by atoms with E-state index in [-0.39, 0.29) is 18.1 Å². The summed E-state index contributed by atoms with van der Waals surface area (Å²) >= 11 is 0. The predicted octanol–water partition coefficient (Wildman–Crippen LogP) is 2.58. The Hall–Kier alpha value is -1.10. The van der Waals surface area contributed by atoms with Crippen LogP contribution in [0.1, 0.15) is 64.7 Å². The van der Waals surface area contributed by atoms with Crippen LogP contribution in [0.3, 0.4) is 0 Å². The first-order chi connectivity index (χ1) is 10.6. The van der Waals surface area contributed by atoms with Crippen LogP contribution in [0.15, 0.2) is 0 Å². The summed E-state index contributed by atoms with van der Waals surface area (Å²) in [7, 11) is 0. The second kappa shape index (κ2) is 6.57. The molecule has 1 saturated carbocycles. The van der Waals surface area contributed by atoms with Gasteiger partial charge in [-0.3, -0.25) is 4.79 Å². The third kappa shape index (κ3) is 3.14. The quantitative estimate of drug-likeness (QED) is 0.867. The molecule has 1 aliphatic carbocycles. The monoisotopic (exact) mass is 309 g/mol. The van der Waals surface area contributed by atoms with Crippen LogP contribution < -0.4 is 0 Å². The minimum atomic E-state index is -0.839. The van der Waals surface area contributed by atoms with Gasteiger partial charge in [0.15, 0.2) is 0 Å². The number of rotatable bonds is 4. The molecule has 1 amide bonds. The summed E-state index contributed by atoms with van der Waals surface area (Å²) in [6.07, 6.45) is 8.65. The highest BCUT2D eigenvalue weighted by atomic mass is 16.5. The SMILES string of the molecule is C[C@@H]1CC[C@H](CCC(=O)N2[C@H](C(=O)O)C[C@@H]3CCCC[C@@H]32)O1. The van der Waals surface area contributed by atoms with E-state index in [2.05, 4.69) is 6.92 Å². The molecule has 1 N–H and O–H groups in total. The van der Waals surface area contributed by atoms with E-state index in [1.165, 1.54) is 6.42 Å². The molecule has 2 aliphatic heterocycles. The lowest BCUT2D eigenvalue weighted by atomic mass is 9.84. The fourth-order valence-corrected chi connectivity index (χ4v) is 4.55. The van der Waals surface area contributed by atoms with Crippen molar-refractivity contribution >= 4 is 11.9 Å². The van der Waals surface area contributed by atoms with Crippen LogP contribution >= 0.6 is 0 Å². The highest BCUT2D eigenvalue weighted by Gasteiger charge is 2.47. The number of ether oxygens (including phenoxy) is 1. The Morgan fingerprint density at radius 1 is 1.18 bits per heavy atom. The van der Waals surface area contributed by atoms with Gasteiger partial charge in [-0.15, -0.1) is 0 Å². The van der Waals surface area contributed by atoms with Gasteiger partial charge >= 0.3 is 5.97 Å². The highest BCUT2D eigenvalue weighted by Crippen LogP contribution is 2.40. The second-order valence-corrected chi connectivity index (χ2v) is 7.19. The largest absolute Gasteiger partial charge is 0.480 e. The molecule has 5 atom stereocenters. The Kier molecular flexibility index (Phi) is 4.71. The number of fused-ring (bicyclic) bond motifs is 1. The number of aliphatic carboxylic acids is 1. The molecule has 0 aromatic carbocycles. The number of hydrogen-bond donors (Lipinski definition) is 1. The normalized spacial score (nSPS) is 38.0. The maximum atomic E-state index is 12.7. The van der Waals surface area contributed by atoms with E-state index in [9.17, 15) is 14.7 Å². The zero-order valence-corrected chi connectivity index (χ0v) is 13.4. The Morgan fingerprint density at radius 2 is 1.95 bits per heavy atom. The second-order valence-electron chi connectivity index (χ2n) is 7.19. The first kappa shape index (κ1) is 15.8. The maximum Gasteiger partial charge on any atom is 0.326 e. The molecule has 0 unspecified atom stereocenters. The van der Waals surface area contributed by atoms with E-state index < -0.39 is 12.0 Å². The average molecular weight is 309 g/mol. The molecule has 3 rings (SSSR count). The minimum Gasteiger partial charge on any atom is -0.480 e. The van der Waals surface area contributed by atoms with Gasteiger partial charge in [0.1, 0.15) is 6.04 Å². The number of amides is 1. The third-order valence-corrected chi connectivity index (χ3v) is 5.66. The van der Waals surface area contributed by atoms with Crippen molar-refractivity contribution in [3.8, 4) is 0 Å². The Balaban J connectivity index is 1.61. The molecule has 0 aromatic heterocycles. The Labute approximate surface area is 132 Å². The van der Waals surface area contributed by atoms with Crippen LogP contribution in [0, 0.1) is 5.92 Å². The standard InChI is InChI=1S/C17H27NO4/c1-11-6-7-13(22-11)8-9-16(19)18-14-5-3-2-4-12(14)10-15(18)17(20)21/h11-15H,2-10H2,1H3,(H,20,21)/t11-,12+,13-,14+,15+/m1/s1. The molecule has 0 spiro atoms. The van der Waals surface area contributed by atoms with Gasteiger partial charge in [0.2, 0.25) is 5.91 Å². The van der Waals surface area contributed by atoms with E-state index in [4.69, 9.17) is 4.74 Å². The molecule has 2 saturated heterocycles. The topological polar surface area (TPSA) is 66.8 Å². The first-order valence-corrected chi connectivity index (χ1v) is 8.75. The van der Waals surface area contributed by atoms with Crippen molar-refractivity contribution in [3.05, 3.63) is 0 Å². The molecule has 2 heterocycles. The van der Waals surface area contributed by atoms with E-state index in [1.54, 1.807) is 4.90 Å². The van der Waals surface area contributed by atoms with Crippen LogP contribution in [0.2, 0.25) is 0 Å². The van der Waals surface area contributed by atoms with Gasteiger partial charge in [0.05, 0.1) is 12.2 Å². The number of nitrogens with zero attached hydrogens (tertiary/aromatic N) is 1. The molecule has 124 valence electrons. The van der Waals surface area contributed by atoms with Gasteiger partial charge in [-0.05, 0) is 51.4 Å². The van der Waals surface area contributed by atoms with Gasteiger partial charge in [-0.25, -0.2) is 4.79 Å². The van der Waals surface area contributed by atoms with Crippen LogP contribution in [0.5, 0.6) is 0 Å².